The molecule has 2 aromatic carbocycles. The van der Waals surface area contributed by atoms with E-state index in [9.17, 15) is 10.2 Å². The molecule has 0 aliphatic heterocycles. The van der Waals surface area contributed by atoms with Crippen molar-refractivity contribution in [3.8, 4) is 28.4 Å². The SMILES string of the molecule is CCCc1cc(OC)c(O)c(-c2cc(C(C)(C)C)cc(C(C)(C)C)c2O)c1. The molecule has 0 bridgehead atoms. The first-order valence-electron chi connectivity index (χ1n) is 9.68. The van der Waals surface area contributed by atoms with Crippen LogP contribution in [0.5, 0.6) is 17.2 Å². The number of aryl methyl sites for hydroxylation is 1. The lowest BCUT2D eigenvalue weighted by molar-refractivity contribution is 0.373. The minimum Gasteiger partial charge on any atom is -0.507 e. The third kappa shape index (κ3) is 4.40. The Bertz CT molecular complexity index is 821. The van der Waals surface area contributed by atoms with Crippen LogP contribution in [0.2, 0.25) is 0 Å². The van der Waals surface area contributed by atoms with Crippen molar-refractivity contribution in [1.82, 2.24) is 0 Å². The Kier molecular flexibility index (Phi) is 5.84. The number of phenols is 2. The summed E-state index contributed by atoms with van der Waals surface area (Å²) in [4.78, 5) is 0. The molecule has 2 rings (SSSR count). The summed E-state index contributed by atoms with van der Waals surface area (Å²) < 4.78 is 5.40. The third-order valence-corrected chi connectivity index (χ3v) is 4.97. The molecule has 0 saturated heterocycles. The summed E-state index contributed by atoms with van der Waals surface area (Å²) in [5.74, 6) is 0.730. The van der Waals surface area contributed by atoms with E-state index in [0.717, 1.165) is 29.5 Å². The molecule has 0 fully saturated rings. The predicted octanol–water partition coefficient (Wildman–Crippen LogP) is 6.32. The van der Waals surface area contributed by atoms with Crippen LogP contribution < -0.4 is 4.74 Å². The minimum absolute atomic E-state index is 0.0681. The lowest BCUT2D eigenvalue weighted by atomic mass is 9.78. The molecule has 0 unspecified atom stereocenters. The molecule has 2 N–H and O–H groups in total. The molecular formula is C24H34O3. The van der Waals surface area contributed by atoms with Gasteiger partial charge in [0.15, 0.2) is 11.5 Å². The van der Waals surface area contributed by atoms with Crippen molar-refractivity contribution in [3.05, 3.63) is 41.0 Å². The van der Waals surface area contributed by atoms with Crippen LogP contribution in [0.4, 0.5) is 0 Å². The van der Waals surface area contributed by atoms with Crippen LogP contribution in [0.3, 0.4) is 0 Å². The maximum absolute atomic E-state index is 11.1. The fraction of sp³-hybridized carbons (Fsp3) is 0.500. The van der Waals surface area contributed by atoms with Gasteiger partial charge in [-0.2, -0.15) is 0 Å². The van der Waals surface area contributed by atoms with Crippen molar-refractivity contribution in [3.63, 3.8) is 0 Å². The molecule has 0 amide bonds. The van der Waals surface area contributed by atoms with E-state index < -0.39 is 0 Å². The Labute approximate surface area is 164 Å². The number of rotatable bonds is 4. The van der Waals surface area contributed by atoms with E-state index in [-0.39, 0.29) is 22.3 Å². The Hall–Kier alpha value is -2.16. The molecule has 0 spiro atoms. The zero-order chi connectivity index (χ0) is 20.6. The number of ether oxygens (including phenoxy) is 1. The molecule has 0 atom stereocenters. The molecule has 2 aromatic rings. The Balaban J connectivity index is 2.87. The molecule has 0 saturated carbocycles. The van der Waals surface area contributed by atoms with Crippen molar-refractivity contribution >= 4 is 0 Å². The lowest BCUT2D eigenvalue weighted by Crippen LogP contribution is -2.17. The summed E-state index contributed by atoms with van der Waals surface area (Å²) in [6, 6.07) is 7.92. The maximum Gasteiger partial charge on any atom is 0.165 e. The first-order chi connectivity index (χ1) is 12.4. The van der Waals surface area contributed by atoms with E-state index in [2.05, 4.69) is 54.5 Å². The summed E-state index contributed by atoms with van der Waals surface area (Å²) in [7, 11) is 1.56. The number of hydrogen-bond acceptors (Lipinski definition) is 3. The zero-order valence-electron chi connectivity index (χ0n) is 18.0. The number of hydrogen-bond donors (Lipinski definition) is 2. The topological polar surface area (TPSA) is 49.7 Å². The third-order valence-electron chi connectivity index (χ3n) is 4.97. The van der Waals surface area contributed by atoms with Crippen LogP contribution in [0.25, 0.3) is 11.1 Å². The molecule has 148 valence electrons. The standard InChI is InChI=1S/C24H34O3/c1-9-10-15-11-17(22(26)20(12-15)27-8)18-13-16(23(2,3)4)14-19(21(18)25)24(5,6)7/h11-14,25-26H,9-10H2,1-8H3. The highest BCUT2D eigenvalue weighted by Crippen LogP contribution is 2.47. The zero-order valence-corrected chi connectivity index (χ0v) is 18.0. The molecule has 0 aromatic heterocycles. The van der Waals surface area contributed by atoms with Gasteiger partial charge in [0.1, 0.15) is 5.75 Å². The number of methoxy groups -OCH3 is 1. The lowest BCUT2D eigenvalue weighted by Gasteiger charge is -2.28. The van der Waals surface area contributed by atoms with E-state index >= 15 is 0 Å². The second-order valence-electron chi connectivity index (χ2n) is 9.36. The highest BCUT2D eigenvalue weighted by atomic mass is 16.5. The van der Waals surface area contributed by atoms with Gasteiger partial charge in [-0.1, -0.05) is 61.0 Å². The summed E-state index contributed by atoms with van der Waals surface area (Å²) in [5.41, 5.74) is 4.06. The van der Waals surface area contributed by atoms with Crippen LogP contribution in [0.1, 0.15) is 71.6 Å². The molecule has 0 aliphatic rings. The number of phenolic OH excluding ortho intramolecular Hbond substituents is 2. The molecular weight excluding hydrogens is 336 g/mol. The van der Waals surface area contributed by atoms with Gasteiger partial charge in [-0.3, -0.25) is 0 Å². The largest absolute Gasteiger partial charge is 0.507 e. The van der Waals surface area contributed by atoms with E-state index in [1.54, 1.807) is 7.11 Å². The molecule has 0 radical (unpaired) electrons. The monoisotopic (exact) mass is 370 g/mol. The molecule has 3 nitrogen and oxygen atoms in total. The molecule has 3 heteroatoms. The summed E-state index contributed by atoms with van der Waals surface area (Å²) in [5, 5.41) is 21.9. The fourth-order valence-corrected chi connectivity index (χ4v) is 3.30. The van der Waals surface area contributed by atoms with Crippen molar-refractivity contribution < 1.29 is 14.9 Å². The Morgan fingerprint density at radius 3 is 1.89 bits per heavy atom. The van der Waals surface area contributed by atoms with Crippen molar-refractivity contribution in [2.45, 2.75) is 72.1 Å². The first-order valence-corrected chi connectivity index (χ1v) is 9.68. The first kappa shape index (κ1) is 21.1. The Morgan fingerprint density at radius 1 is 0.815 bits per heavy atom. The Morgan fingerprint density at radius 2 is 1.41 bits per heavy atom. The summed E-state index contributed by atoms with van der Waals surface area (Å²) in [6.45, 7) is 14.9. The second-order valence-corrected chi connectivity index (χ2v) is 9.36. The van der Waals surface area contributed by atoms with Gasteiger partial charge in [0, 0.05) is 16.7 Å². The molecule has 27 heavy (non-hydrogen) atoms. The highest BCUT2D eigenvalue weighted by Gasteiger charge is 2.27. The predicted molar refractivity (Wildman–Crippen MR) is 113 cm³/mol. The van der Waals surface area contributed by atoms with Gasteiger partial charge in [-0.25, -0.2) is 0 Å². The van der Waals surface area contributed by atoms with Gasteiger partial charge in [0.2, 0.25) is 0 Å². The van der Waals surface area contributed by atoms with Gasteiger partial charge < -0.3 is 14.9 Å². The second kappa shape index (κ2) is 7.46. The summed E-state index contributed by atoms with van der Waals surface area (Å²) in [6.07, 6.45) is 1.88. The van der Waals surface area contributed by atoms with Gasteiger partial charge in [0.05, 0.1) is 7.11 Å². The van der Waals surface area contributed by atoms with Crippen LogP contribution in [0.15, 0.2) is 24.3 Å². The van der Waals surface area contributed by atoms with Gasteiger partial charge in [0.25, 0.3) is 0 Å². The maximum atomic E-state index is 11.1. The quantitative estimate of drug-likeness (QED) is 0.662. The summed E-state index contributed by atoms with van der Waals surface area (Å²) >= 11 is 0. The molecule has 0 heterocycles. The smallest absolute Gasteiger partial charge is 0.165 e. The van der Waals surface area contributed by atoms with Crippen LogP contribution >= 0.6 is 0 Å². The van der Waals surface area contributed by atoms with E-state index in [1.807, 2.05) is 18.2 Å². The van der Waals surface area contributed by atoms with Crippen molar-refractivity contribution in [2.75, 3.05) is 7.11 Å². The highest BCUT2D eigenvalue weighted by molar-refractivity contribution is 5.80. The fourth-order valence-electron chi connectivity index (χ4n) is 3.30. The number of aromatic hydroxyl groups is 2. The average Bonchev–Trinajstić information content (AvgIpc) is 2.54. The van der Waals surface area contributed by atoms with Crippen LogP contribution in [0, 0.1) is 0 Å². The van der Waals surface area contributed by atoms with Gasteiger partial charge in [-0.05, 0) is 46.6 Å². The van der Waals surface area contributed by atoms with Crippen LogP contribution in [-0.2, 0) is 17.3 Å². The van der Waals surface area contributed by atoms with Gasteiger partial charge >= 0.3 is 0 Å². The van der Waals surface area contributed by atoms with E-state index in [0.29, 0.717) is 16.9 Å². The molecule has 0 aliphatic carbocycles. The van der Waals surface area contributed by atoms with Crippen LogP contribution in [-0.4, -0.2) is 17.3 Å². The van der Waals surface area contributed by atoms with Gasteiger partial charge in [-0.15, -0.1) is 0 Å². The normalized spacial score (nSPS) is 12.3. The average molecular weight is 371 g/mol. The van der Waals surface area contributed by atoms with E-state index in [1.165, 1.54) is 0 Å². The van der Waals surface area contributed by atoms with E-state index in [4.69, 9.17) is 4.74 Å². The number of benzene rings is 2. The van der Waals surface area contributed by atoms with Crippen molar-refractivity contribution in [1.29, 1.82) is 0 Å². The van der Waals surface area contributed by atoms with Crippen molar-refractivity contribution in [2.24, 2.45) is 0 Å². The minimum atomic E-state index is -0.221.